The molecule has 0 bridgehead atoms. The fourth-order valence-corrected chi connectivity index (χ4v) is 2.79. The molecule has 0 spiro atoms. The summed E-state index contributed by atoms with van der Waals surface area (Å²) >= 11 is 1.71. The van der Waals surface area contributed by atoms with Gasteiger partial charge in [0.2, 0.25) is 5.91 Å². The second kappa shape index (κ2) is 5.75. The van der Waals surface area contributed by atoms with Crippen LogP contribution >= 0.6 is 11.8 Å². The van der Waals surface area contributed by atoms with E-state index in [0.29, 0.717) is 6.54 Å². The van der Waals surface area contributed by atoms with E-state index < -0.39 is 0 Å². The lowest BCUT2D eigenvalue weighted by atomic mass is 9.97. The Morgan fingerprint density at radius 3 is 2.60 bits per heavy atom. The maximum atomic E-state index is 11.9. The Balaban J connectivity index is 2.48. The summed E-state index contributed by atoms with van der Waals surface area (Å²) in [6, 6.07) is 0. The van der Waals surface area contributed by atoms with Gasteiger partial charge in [-0.1, -0.05) is 19.8 Å². The van der Waals surface area contributed by atoms with Gasteiger partial charge in [-0.3, -0.25) is 4.79 Å². The van der Waals surface area contributed by atoms with Crippen LogP contribution in [0.25, 0.3) is 0 Å². The zero-order valence-corrected chi connectivity index (χ0v) is 10.5. The van der Waals surface area contributed by atoms with Crippen LogP contribution in [0.3, 0.4) is 0 Å². The molecule has 1 saturated carbocycles. The minimum absolute atomic E-state index is 0.0871. The molecule has 0 radical (unpaired) electrons. The number of amides is 1. The molecule has 0 aromatic carbocycles. The van der Waals surface area contributed by atoms with Gasteiger partial charge in [0.1, 0.15) is 0 Å². The first-order valence-corrected chi connectivity index (χ1v) is 7.04. The molecule has 1 aliphatic rings. The molecule has 1 atom stereocenters. The van der Waals surface area contributed by atoms with Crippen molar-refractivity contribution in [3.63, 3.8) is 0 Å². The van der Waals surface area contributed by atoms with Gasteiger partial charge in [-0.05, 0) is 19.1 Å². The fourth-order valence-electron chi connectivity index (χ4n) is 2.14. The summed E-state index contributed by atoms with van der Waals surface area (Å²) in [6.07, 6.45) is 6.49. The Hall–Kier alpha value is -0.220. The number of hydrogen-bond donors (Lipinski definition) is 2. The van der Waals surface area contributed by atoms with E-state index >= 15 is 0 Å². The molecule has 1 unspecified atom stereocenters. The minimum atomic E-state index is -0.0935. The third-order valence-corrected chi connectivity index (χ3v) is 4.04. The van der Waals surface area contributed by atoms with E-state index in [9.17, 15) is 4.79 Å². The third-order valence-electron chi connectivity index (χ3n) is 3.20. The largest absolute Gasteiger partial charge is 0.349 e. The molecule has 3 N–H and O–H groups in total. The van der Waals surface area contributed by atoms with Gasteiger partial charge in [-0.25, -0.2) is 0 Å². The first-order chi connectivity index (χ1) is 7.13. The number of rotatable bonds is 5. The van der Waals surface area contributed by atoms with E-state index in [0.717, 1.165) is 18.6 Å². The molecule has 0 saturated heterocycles. The Bertz CT molecular complexity index is 215. The van der Waals surface area contributed by atoms with Crippen LogP contribution in [0.1, 0.15) is 32.6 Å². The summed E-state index contributed by atoms with van der Waals surface area (Å²) in [5, 5.41) is 3.15. The van der Waals surface area contributed by atoms with Crippen molar-refractivity contribution in [2.24, 2.45) is 11.7 Å². The lowest BCUT2D eigenvalue weighted by molar-refractivity contribution is -0.125. The smallest absolute Gasteiger partial charge is 0.224 e. The molecule has 0 heterocycles. The van der Waals surface area contributed by atoms with Gasteiger partial charge < -0.3 is 11.1 Å². The molecule has 1 amide bonds. The zero-order valence-electron chi connectivity index (χ0n) is 9.71. The van der Waals surface area contributed by atoms with E-state index in [1.165, 1.54) is 12.8 Å². The summed E-state index contributed by atoms with van der Waals surface area (Å²) in [7, 11) is 0. The van der Waals surface area contributed by atoms with Gasteiger partial charge in [0.05, 0.1) is 5.54 Å². The zero-order chi connectivity index (χ0) is 11.3. The normalized spacial score (nSPS) is 21.3. The van der Waals surface area contributed by atoms with Crippen LogP contribution in [-0.2, 0) is 4.79 Å². The number of thioether (sulfide) groups is 1. The summed E-state index contributed by atoms with van der Waals surface area (Å²) in [5.74, 6) is 1.13. The Labute approximate surface area is 96.6 Å². The van der Waals surface area contributed by atoms with Crippen LogP contribution in [0.2, 0.25) is 0 Å². The topological polar surface area (TPSA) is 55.1 Å². The summed E-state index contributed by atoms with van der Waals surface area (Å²) in [6.45, 7) is 2.55. The molecule has 1 aliphatic carbocycles. The maximum absolute atomic E-state index is 11.9. The number of carbonyl (C=O) groups is 1. The number of hydrogen-bond acceptors (Lipinski definition) is 3. The van der Waals surface area contributed by atoms with E-state index in [4.69, 9.17) is 5.73 Å². The van der Waals surface area contributed by atoms with E-state index in [1.807, 2.05) is 13.2 Å². The molecule has 1 rings (SSSR count). The predicted octanol–water partition coefficient (Wildman–Crippen LogP) is 1.37. The molecule has 0 aromatic heterocycles. The molecule has 0 aliphatic heterocycles. The van der Waals surface area contributed by atoms with Crippen molar-refractivity contribution < 1.29 is 4.79 Å². The highest BCUT2D eigenvalue weighted by molar-refractivity contribution is 7.98. The van der Waals surface area contributed by atoms with Crippen molar-refractivity contribution in [3.8, 4) is 0 Å². The molecule has 3 nitrogen and oxygen atoms in total. The van der Waals surface area contributed by atoms with Gasteiger partial charge in [0.25, 0.3) is 0 Å². The van der Waals surface area contributed by atoms with Crippen molar-refractivity contribution in [2.75, 3.05) is 18.6 Å². The number of carbonyl (C=O) groups excluding carboxylic acids is 1. The third kappa shape index (κ3) is 3.38. The number of nitrogens with one attached hydrogen (secondary N) is 1. The van der Waals surface area contributed by atoms with Crippen LogP contribution in [0, 0.1) is 5.92 Å². The summed E-state index contributed by atoms with van der Waals surface area (Å²) in [5.41, 5.74) is 5.68. The van der Waals surface area contributed by atoms with Gasteiger partial charge in [0.15, 0.2) is 0 Å². The second-order valence-electron chi connectivity index (χ2n) is 4.54. The Morgan fingerprint density at radius 1 is 1.53 bits per heavy atom. The lowest BCUT2D eigenvalue weighted by Gasteiger charge is -2.30. The van der Waals surface area contributed by atoms with E-state index in [2.05, 4.69) is 5.32 Å². The highest BCUT2D eigenvalue weighted by atomic mass is 32.2. The molecular formula is C11H22N2OS. The molecular weight excluding hydrogens is 208 g/mol. The quantitative estimate of drug-likeness (QED) is 0.750. The van der Waals surface area contributed by atoms with Gasteiger partial charge in [-0.15, -0.1) is 0 Å². The second-order valence-corrected chi connectivity index (χ2v) is 5.45. The standard InChI is InChI=1S/C11H22N2OS/c1-9(7-15-2)10(14)13-11(8-12)5-3-4-6-11/h9H,3-8,12H2,1-2H3,(H,13,14). The monoisotopic (exact) mass is 230 g/mol. The van der Waals surface area contributed by atoms with Crippen LogP contribution in [0.4, 0.5) is 0 Å². The first-order valence-electron chi connectivity index (χ1n) is 5.64. The molecule has 0 aromatic rings. The maximum Gasteiger partial charge on any atom is 0.224 e. The molecule has 88 valence electrons. The highest BCUT2D eigenvalue weighted by Crippen LogP contribution is 2.28. The first kappa shape index (κ1) is 12.8. The van der Waals surface area contributed by atoms with Crippen molar-refractivity contribution in [1.82, 2.24) is 5.32 Å². The van der Waals surface area contributed by atoms with Gasteiger partial charge in [0, 0.05) is 18.2 Å². The van der Waals surface area contributed by atoms with Crippen LogP contribution in [0.15, 0.2) is 0 Å². The van der Waals surface area contributed by atoms with Crippen LogP contribution in [0.5, 0.6) is 0 Å². The SMILES string of the molecule is CSCC(C)C(=O)NC1(CN)CCCC1. The van der Waals surface area contributed by atoms with Crippen molar-refractivity contribution in [1.29, 1.82) is 0 Å². The van der Waals surface area contributed by atoms with Crippen molar-refractivity contribution in [2.45, 2.75) is 38.1 Å². The predicted molar refractivity (Wildman–Crippen MR) is 65.9 cm³/mol. The molecule has 4 heteroatoms. The van der Waals surface area contributed by atoms with Crippen molar-refractivity contribution in [3.05, 3.63) is 0 Å². The molecule has 1 fully saturated rings. The Kier molecular flexibility index (Phi) is 4.93. The van der Waals surface area contributed by atoms with Crippen LogP contribution < -0.4 is 11.1 Å². The molecule has 15 heavy (non-hydrogen) atoms. The van der Waals surface area contributed by atoms with E-state index in [-0.39, 0.29) is 17.4 Å². The fraction of sp³-hybridized carbons (Fsp3) is 0.909. The minimum Gasteiger partial charge on any atom is -0.349 e. The van der Waals surface area contributed by atoms with Crippen LogP contribution in [-0.4, -0.2) is 30.0 Å². The number of nitrogens with two attached hydrogens (primary N) is 1. The lowest BCUT2D eigenvalue weighted by Crippen LogP contribution is -2.53. The van der Waals surface area contributed by atoms with E-state index in [1.54, 1.807) is 11.8 Å². The van der Waals surface area contributed by atoms with Crippen molar-refractivity contribution >= 4 is 17.7 Å². The summed E-state index contributed by atoms with van der Waals surface area (Å²) in [4.78, 5) is 11.9. The average molecular weight is 230 g/mol. The average Bonchev–Trinajstić information content (AvgIpc) is 2.67. The summed E-state index contributed by atoms with van der Waals surface area (Å²) < 4.78 is 0. The van der Waals surface area contributed by atoms with Gasteiger partial charge >= 0.3 is 0 Å². The Morgan fingerprint density at radius 2 is 2.13 bits per heavy atom. The van der Waals surface area contributed by atoms with Gasteiger partial charge in [-0.2, -0.15) is 11.8 Å². The highest BCUT2D eigenvalue weighted by Gasteiger charge is 2.34.